The molecule has 0 atom stereocenters. The number of nitrogen functional groups attached to an aromatic ring is 1. The second kappa shape index (κ2) is 6.38. The highest BCUT2D eigenvalue weighted by molar-refractivity contribution is 5.98. The maximum Gasteiger partial charge on any atom is 0.0630 e. The van der Waals surface area contributed by atoms with Crippen LogP contribution in [0.2, 0.25) is 0 Å². The Morgan fingerprint density at radius 1 is 1.21 bits per heavy atom. The molecule has 0 aliphatic rings. The number of aromatic nitrogens is 1. The second-order valence-electron chi connectivity index (χ2n) is 5.06. The highest BCUT2D eigenvalue weighted by Crippen LogP contribution is 2.27. The summed E-state index contributed by atoms with van der Waals surface area (Å²) >= 11 is 0. The SMILES string of the molecule is CN(C)CCCCNc1ccc2cnccc2c1N. The van der Waals surface area contributed by atoms with E-state index in [-0.39, 0.29) is 0 Å². The fourth-order valence-corrected chi connectivity index (χ4v) is 2.12. The number of unbranched alkanes of at least 4 members (excludes halogenated alkanes) is 1. The number of fused-ring (bicyclic) bond motifs is 1. The first-order valence-corrected chi connectivity index (χ1v) is 6.69. The highest BCUT2D eigenvalue weighted by Gasteiger charge is 2.03. The van der Waals surface area contributed by atoms with Gasteiger partial charge in [-0.1, -0.05) is 6.07 Å². The monoisotopic (exact) mass is 258 g/mol. The van der Waals surface area contributed by atoms with E-state index in [1.165, 1.54) is 6.42 Å². The molecule has 1 aromatic carbocycles. The van der Waals surface area contributed by atoms with Gasteiger partial charge in [-0.3, -0.25) is 4.98 Å². The Balaban J connectivity index is 1.96. The van der Waals surface area contributed by atoms with Gasteiger partial charge in [0.05, 0.1) is 11.4 Å². The minimum atomic E-state index is 0.813. The van der Waals surface area contributed by atoms with E-state index in [1.807, 2.05) is 18.3 Å². The van der Waals surface area contributed by atoms with E-state index < -0.39 is 0 Å². The number of hydrogen-bond donors (Lipinski definition) is 2. The Hall–Kier alpha value is -1.81. The van der Waals surface area contributed by atoms with Crippen LogP contribution in [0.25, 0.3) is 10.8 Å². The minimum absolute atomic E-state index is 0.813. The molecule has 4 heteroatoms. The van der Waals surface area contributed by atoms with E-state index in [0.717, 1.165) is 41.7 Å². The van der Waals surface area contributed by atoms with Crippen molar-refractivity contribution in [3.05, 3.63) is 30.6 Å². The molecule has 3 N–H and O–H groups in total. The molecule has 0 spiro atoms. The zero-order chi connectivity index (χ0) is 13.7. The fraction of sp³-hybridized carbons (Fsp3) is 0.400. The van der Waals surface area contributed by atoms with Gasteiger partial charge < -0.3 is 16.0 Å². The van der Waals surface area contributed by atoms with Gasteiger partial charge in [-0.25, -0.2) is 0 Å². The summed E-state index contributed by atoms with van der Waals surface area (Å²) in [5.41, 5.74) is 8.01. The average molecular weight is 258 g/mol. The Labute approximate surface area is 114 Å². The quantitative estimate of drug-likeness (QED) is 0.617. The van der Waals surface area contributed by atoms with E-state index in [4.69, 9.17) is 5.73 Å². The molecule has 2 aromatic rings. The van der Waals surface area contributed by atoms with Crippen molar-refractivity contribution in [3.63, 3.8) is 0 Å². The molecule has 0 amide bonds. The first-order valence-electron chi connectivity index (χ1n) is 6.69. The van der Waals surface area contributed by atoms with Crippen LogP contribution in [0.1, 0.15) is 12.8 Å². The number of nitrogens with two attached hydrogens (primary N) is 1. The third-order valence-corrected chi connectivity index (χ3v) is 3.21. The van der Waals surface area contributed by atoms with Crippen molar-refractivity contribution in [3.8, 4) is 0 Å². The van der Waals surface area contributed by atoms with Crippen LogP contribution in [-0.2, 0) is 0 Å². The van der Waals surface area contributed by atoms with Crippen molar-refractivity contribution >= 4 is 22.1 Å². The van der Waals surface area contributed by atoms with E-state index in [2.05, 4.69) is 35.4 Å². The molecule has 19 heavy (non-hydrogen) atoms. The molecule has 0 radical (unpaired) electrons. The second-order valence-corrected chi connectivity index (χ2v) is 5.06. The molecule has 0 saturated carbocycles. The van der Waals surface area contributed by atoms with Gasteiger partial charge in [-0.2, -0.15) is 0 Å². The fourth-order valence-electron chi connectivity index (χ4n) is 2.12. The van der Waals surface area contributed by atoms with Crippen molar-refractivity contribution in [2.45, 2.75) is 12.8 Å². The standard InChI is InChI=1S/C15H22N4/c1-19(2)10-4-3-8-18-14-6-5-12-11-17-9-7-13(12)15(14)16/h5-7,9,11,18H,3-4,8,10,16H2,1-2H3. The van der Waals surface area contributed by atoms with Crippen LogP contribution in [0.3, 0.4) is 0 Å². The first-order chi connectivity index (χ1) is 9.18. The lowest BCUT2D eigenvalue weighted by Gasteiger charge is -2.12. The summed E-state index contributed by atoms with van der Waals surface area (Å²) in [6.45, 7) is 2.08. The molecule has 0 unspecified atom stereocenters. The van der Waals surface area contributed by atoms with Crippen molar-refractivity contribution in [1.82, 2.24) is 9.88 Å². The molecule has 0 fully saturated rings. The van der Waals surface area contributed by atoms with Crippen LogP contribution in [0.5, 0.6) is 0 Å². The van der Waals surface area contributed by atoms with E-state index in [1.54, 1.807) is 6.20 Å². The lowest BCUT2D eigenvalue weighted by molar-refractivity contribution is 0.396. The first kappa shape index (κ1) is 13.6. The van der Waals surface area contributed by atoms with Crippen LogP contribution in [-0.4, -0.2) is 37.1 Å². The van der Waals surface area contributed by atoms with Crippen molar-refractivity contribution < 1.29 is 0 Å². The summed E-state index contributed by atoms with van der Waals surface area (Å²) in [5, 5.41) is 5.56. The Kier molecular flexibility index (Phi) is 4.58. The Morgan fingerprint density at radius 3 is 2.84 bits per heavy atom. The van der Waals surface area contributed by atoms with Gasteiger partial charge in [0.2, 0.25) is 0 Å². The molecule has 102 valence electrons. The number of nitrogens with zero attached hydrogens (tertiary/aromatic N) is 2. The Morgan fingerprint density at radius 2 is 2.05 bits per heavy atom. The molecule has 4 nitrogen and oxygen atoms in total. The van der Waals surface area contributed by atoms with Crippen LogP contribution in [0, 0.1) is 0 Å². The van der Waals surface area contributed by atoms with Gasteiger partial charge in [0.25, 0.3) is 0 Å². The maximum atomic E-state index is 6.18. The molecule has 1 heterocycles. The maximum absolute atomic E-state index is 6.18. The largest absolute Gasteiger partial charge is 0.397 e. The summed E-state index contributed by atoms with van der Waals surface area (Å²) in [5.74, 6) is 0. The van der Waals surface area contributed by atoms with E-state index >= 15 is 0 Å². The molecule has 0 aliphatic heterocycles. The zero-order valence-corrected chi connectivity index (χ0v) is 11.7. The van der Waals surface area contributed by atoms with Crippen LogP contribution >= 0.6 is 0 Å². The van der Waals surface area contributed by atoms with Crippen LogP contribution < -0.4 is 11.1 Å². The minimum Gasteiger partial charge on any atom is -0.397 e. The number of benzene rings is 1. The number of hydrogen-bond acceptors (Lipinski definition) is 4. The van der Waals surface area contributed by atoms with Gasteiger partial charge in [-0.05, 0) is 45.6 Å². The molecule has 0 saturated heterocycles. The Bertz CT molecular complexity index is 537. The molecular weight excluding hydrogens is 236 g/mol. The molecular formula is C15H22N4. The summed E-state index contributed by atoms with van der Waals surface area (Å²) in [7, 11) is 4.20. The van der Waals surface area contributed by atoms with Gasteiger partial charge >= 0.3 is 0 Å². The molecule has 2 rings (SSSR count). The molecule has 1 aromatic heterocycles. The third kappa shape index (κ3) is 3.58. The number of anilines is 2. The predicted molar refractivity (Wildman–Crippen MR) is 82.4 cm³/mol. The highest BCUT2D eigenvalue weighted by atomic mass is 15.0. The zero-order valence-electron chi connectivity index (χ0n) is 11.7. The van der Waals surface area contributed by atoms with Gasteiger partial charge in [0.15, 0.2) is 0 Å². The smallest absolute Gasteiger partial charge is 0.0630 e. The average Bonchev–Trinajstić information content (AvgIpc) is 2.41. The van der Waals surface area contributed by atoms with Gasteiger partial charge in [0.1, 0.15) is 0 Å². The number of nitrogens with one attached hydrogen (secondary N) is 1. The van der Waals surface area contributed by atoms with Crippen molar-refractivity contribution in [2.75, 3.05) is 38.2 Å². The number of pyridine rings is 1. The van der Waals surface area contributed by atoms with Gasteiger partial charge in [-0.15, -0.1) is 0 Å². The normalized spacial score (nSPS) is 11.1. The van der Waals surface area contributed by atoms with Crippen LogP contribution in [0.15, 0.2) is 30.6 Å². The summed E-state index contributed by atoms with van der Waals surface area (Å²) in [6, 6.07) is 6.05. The topological polar surface area (TPSA) is 54.2 Å². The third-order valence-electron chi connectivity index (χ3n) is 3.21. The van der Waals surface area contributed by atoms with Crippen molar-refractivity contribution in [1.29, 1.82) is 0 Å². The van der Waals surface area contributed by atoms with Gasteiger partial charge in [0, 0.05) is 29.7 Å². The van der Waals surface area contributed by atoms with Crippen molar-refractivity contribution in [2.24, 2.45) is 0 Å². The summed E-state index contributed by atoms with van der Waals surface area (Å²) in [4.78, 5) is 6.31. The number of rotatable bonds is 6. The van der Waals surface area contributed by atoms with E-state index in [0.29, 0.717) is 0 Å². The summed E-state index contributed by atoms with van der Waals surface area (Å²) < 4.78 is 0. The lowest BCUT2D eigenvalue weighted by atomic mass is 10.1. The van der Waals surface area contributed by atoms with E-state index in [9.17, 15) is 0 Å². The molecule has 0 aliphatic carbocycles. The predicted octanol–water partition coefficient (Wildman–Crippen LogP) is 2.57. The van der Waals surface area contributed by atoms with Crippen LogP contribution in [0.4, 0.5) is 11.4 Å². The molecule has 0 bridgehead atoms. The summed E-state index contributed by atoms with van der Waals surface area (Å²) in [6.07, 6.45) is 5.95. The lowest BCUT2D eigenvalue weighted by Crippen LogP contribution is -2.14.